The highest BCUT2D eigenvalue weighted by Crippen LogP contribution is 2.27. The Morgan fingerprint density at radius 2 is 2.00 bits per heavy atom. The lowest BCUT2D eigenvalue weighted by Gasteiger charge is -2.19. The average molecular weight is 371 g/mol. The van der Waals surface area contributed by atoms with E-state index in [1.807, 2.05) is 37.4 Å². The summed E-state index contributed by atoms with van der Waals surface area (Å²) in [5.41, 5.74) is 8.71. The summed E-state index contributed by atoms with van der Waals surface area (Å²) in [5, 5.41) is 0. The zero-order chi connectivity index (χ0) is 19.6. The predicted octanol–water partition coefficient (Wildman–Crippen LogP) is 5.64. The molecule has 27 heavy (non-hydrogen) atoms. The van der Waals surface area contributed by atoms with E-state index in [1.165, 1.54) is 11.1 Å². The van der Waals surface area contributed by atoms with Crippen molar-refractivity contribution < 1.29 is 9.47 Å². The van der Waals surface area contributed by atoms with Crippen molar-refractivity contribution in [3.05, 3.63) is 47.7 Å². The molecule has 2 atom stereocenters. The van der Waals surface area contributed by atoms with Crippen LogP contribution in [0.15, 0.2) is 52.7 Å². The lowest BCUT2D eigenvalue weighted by atomic mass is 9.89. The van der Waals surface area contributed by atoms with E-state index < -0.39 is 0 Å². The SMILES string of the molecule is CC=C(C)CCCOc1ccc(OC2=NC=C(C(C)N)C(CC)CC2)cc1. The van der Waals surface area contributed by atoms with Gasteiger partial charge in [-0.25, -0.2) is 4.99 Å². The second kappa shape index (κ2) is 10.9. The van der Waals surface area contributed by atoms with Gasteiger partial charge in [0.1, 0.15) is 11.5 Å². The smallest absolute Gasteiger partial charge is 0.194 e. The number of benzene rings is 1. The lowest BCUT2D eigenvalue weighted by Crippen LogP contribution is -2.23. The van der Waals surface area contributed by atoms with Crippen molar-refractivity contribution >= 4 is 5.90 Å². The molecule has 1 aliphatic rings. The van der Waals surface area contributed by atoms with Crippen LogP contribution in [-0.4, -0.2) is 18.5 Å². The van der Waals surface area contributed by atoms with Gasteiger partial charge in [-0.2, -0.15) is 0 Å². The Kier molecular flexibility index (Phi) is 8.59. The molecule has 0 saturated carbocycles. The topological polar surface area (TPSA) is 56.8 Å². The summed E-state index contributed by atoms with van der Waals surface area (Å²) >= 11 is 0. The van der Waals surface area contributed by atoms with Crippen LogP contribution in [0.25, 0.3) is 0 Å². The molecule has 0 spiro atoms. The van der Waals surface area contributed by atoms with Crippen LogP contribution in [-0.2, 0) is 0 Å². The molecule has 0 radical (unpaired) electrons. The van der Waals surface area contributed by atoms with Gasteiger partial charge < -0.3 is 15.2 Å². The van der Waals surface area contributed by atoms with Crippen molar-refractivity contribution in [1.29, 1.82) is 0 Å². The number of aliphatic imine (C=N–C) groups is 1. The van der Waals surface area contributed by atoms with Crippen molar-refractivity contribution in [2.45, 2.75) is 65.8 Å². The molecule has 1 aromatic rings. The lowest BCUT2D eigenvalue weighted by molar-refractivity contribution is 0.310. The molecule has 1 heterocycles. The maximum Gasteiger partial charge on any atom is 0.194 e. The zero-order valence-electron chi connectivity index (χ0n) is 17.2. The van der Waals surface area contributed by atoms with Gasteiger partial charge in [0.25, 0.3) is 0 Å². The fourth-order valence-electron chi connectivity index (χ4n) is 3.21. The number of ether oxygens (including phenoxy) is 2. The van der Waals surface area contributed by atoms with Crippen LogP contribution in [0, 0.1) is 5.92 Å². The van der Waals surface area contributed by atoms with Crippen LogP contribution in [0.4, 0.5) is 0 Å². The molecule has 0 fully saturated rings. The number of hydrogen-bond acceptors (Lipinski definition) is 4. The highest BCUT2D eigenvalue weighted by Gasteiger charge is 2.20. The van der Waals surface area contributed by atoms with Crippen molar-refractivity contribution in [2.24, 2.45) is 16.6 Å². The summed E-state index contributed by atoms with van der Waals surface area (Å²) in [6.07, 6.45) is 9.09. The monoisotopic (exact) mass is 370 g/mol. The predicted molar refractivity (Wildman–Crippen MR) is 113 cm³/mol. The summed E-state index contributed by atoms with van der Waals surface area (Å²) in [6, 6.07) is 7.81. The van der Waals surface area contributed by atoms with E-state index in [0.717, 1.165) is 56.1 Å². The molecular weight excluding hydrogens is 336 g/mol. The molecule has 0 aromatic heterocycles. The first-order chi connectivity index (χ1) is 13.0. The Hall–Kier alpha value is -2.07. The van der Waals surface area contributed by atoms with Crippen molar-refractivity contribution in [3.8, 4) is 11.5 Å². The quantitative estimate of drug-likeness (QED) is 0.476. The van der Waals surface area contributed by atoms with Crippen LogP contribution in [0.5, 0.6) is 11.5 Å². The van der Waals surface area contributed by atoms with Crippen molar-refractivity contribution in [2.75, 3.05) is 6.61 Å². The van der Waals surface area contributed by atoms with Crippen molar-refractivity contribution in [3.63, 3.8) is 0 Å². The van der Waals surface area contributed by atoms with Crippen LogP contribution in [0.1, 0.15) is 59.8 Å². The summed E-state index contributed by atoms with van der Waals surface area (Å²) in [6.45, 7) is 9.17. The number of nitrogens with two attached hydrogens (primary N) is 1. The molecule has 0 amide bonds. The Bertz CT molecular complexity index is 672. The minimum atomic E-state index is 0.0334. The molecule has 2 rings (SSSR count). The summed E-state index contributed by atoms with van der Waals surface area (Å²) in [5.74, 6) is 2.89. The third-order valence-electron chi connectivity index (χ3n) is 5.09. The summed E-state index contributed by atoms with van der Waals surface area (Å²) in [4.78, 5) is 4.54. The second-order valence-electron chi connectivity index (χ2n) is 7.24. The minimum absolute atomic E-state index is 0.0334. The fraction of sp³-hybridized carbons (Fsp3) is 0.522. The molecule has 0 bridgehead atoms. The third-order valence-corrected chi connectivity index (χ3v) is 5.09. The maximum absolute atomic E-state index is 6.10. The van der Waals surface area contributed by atoms with Crippen LogP contribution in [0.3, 0.4) is 0 Å². The van der Waals surface area contributed by atoms with E-state index in [1.54, 1.807) is 0 Å². The second-order valence-corrected chi connectivity index (χ2v) is 7.24. The van der Waals surface area contributed by atoms with Gasteiger partial charge in [0.2, 0.25) is 0 Å². The molecule has 2 unspecified atom stereocenters. The van der Waals surface area contributed by atoms with E-state index in [4.69, 9.17) is 15.2 Å². The van der Waals surface area contributed by atoms with Crippen molar-refractivity contribution in [1.82, 2.24) is 0 Å². The number of nitrogens with zero attached hydrogens (tertiary/aromatic N) is 1. The van der Waals surface area contributed by atoms with Crippen LogP contribution in [0.2, 0.25) is 0 Å². The third kappa shape index (κ3) is 6.87. The fourth-order valence-corrected chi connectivity index (χ4v) is 3.21. The van der Waals surface area contributed by atoms with E-state index in [0.29, 0.717) is 5.92 Å². The molecule has 4 nitrogen and oxygen atoms in total. The first-order valence-corrected chi connectivity index (χ1v) is 10.1. The number of rotatable bonds is 8. The average Bonchev–Trinajstić information content (AvgIpc) is 2.88. The first kappa shape index (κ1) is 21.2. The Labute approximate surface area is 164 Å². The van der Waals surface area contributed by atoms with Gasteiger partial charge in [0.15, 0.2) is 5.90 Å². The van der Waals surface area contributed by atoms with Gasteiger partial charge in [0, 0.05) is 18.7 Å². The highest BCUT2D eigenvalue weighted by atomic mass is 16.5. The van der Waals surface area contributed by atoms with Gasteiger partial charge in [-0.15, -0.1) is 0 Å². The number of allylic oxidation sites excluding steroid dienone is 2. The highest BCUT2D eigenvalue weighted by molar-refractivity contribution is 5.79. The number of hydrogen-bond donors (Lipinski definition) is 1. The standard InChI is InChI=1S/C23H34N2O2/c1-5-17(3)8-7-15-26-20-10-12-21(13-11-20)27-23-14-9-19(6-2)22(16-25-23)18(4)24/h5,10-13,16,18-19H,6-9,14-15,24H2,1-4H3. The molecule has 2 N–H and O–H groups in total. The minimum Gasteiger partial charge on any atom is -0.494 e. The molecule has 1 aromatic carbocycles. The molecule has 0 aliphatic carbocycles. The van der Waals surface area contributed by atoms with Crippen LogP contribution >= 0.6 is 0 Å². The van der Waals surface area contributed by atoms with E-state index in [2.05, 4.69) is 31.8 Å². The molecule has 0 saturated heterocycles. The first-order valence-electron chi connectivity index (χ1n) is 10.1. The van der Waals surface area contributed by atoms with E-state index >= 15 is 0 Å². The normalized spacial score (nSPS) is 19.0. The Balaban J connectivity index is 1.89. The summed E-state index contributed by atoms with van der Waals surface area (Å²) < 4.78 is 11.8. The molecule has 1 aliphatic heterocycles. The van der Waals surface area contributed by atoms with Gasteiger partial charge in [-0.3, -0.25) is 0 Å². The van der Waals surface area contributed by atoms with Gasteiger partial charge >= 0.3 is 0 Å². The van der Waals surface area contributed by atoms with Gasteiger partial charge in [0.05, 0.1) is 6.61 Å². The zero-order valence-corrected chi connectivity index (χ0v) is 17.2. The Morgan fingerprint density at radius 3 is 2.63 bits per heavy atom. The van der Waals surface area contributed by atoms with Gasteiger partial charge in [-0.05, 0) is 82.2 Å². The molecule has 4 heteroatoms. The summed E-state index contributed by atoms with van der Waals surface area (Å²) in [7, 11) is 0. The largest absolute Gasteiger partial charge is 0.494 e. The maximum atomic E-state index is 6.10. The van der Waals surface area contributed by atoms with E-state index in [-0.39, 0.29) is 6.04 Å². The molecular formula is C23H34N2O2. The Morgan fingerprint density at radius 1 is 1.30 bits per heavy atom. The molecule has 148 valence electrons. The van der Waals surface area contributed by atoms with Gasteiger partial charge in [-0.1, -0.05) is 18.6 Å². The van der Waals surface area contributed by atoms with E-state index in [9.17, 15) is 0 Å². The van der Waals surface area contributed by atoms with Crippen LogP contribution < -0.4 is 15.2 Å².